The van der Waals surface area contributed by atoms with E-state index in [1.54, 1.807) is 42.6 Å². The summed E-state index contributed by atoms with van der Waals surface area (Å²) in [4.78, 5) is 66.2. The second kappa shape index (κ2) is 24.5. The van der Waals surface area contributed by atoms with Crippen molar-refractivity contribution in [2.75, 3.05) is 26.3 Å². The summed E-state index contributed by atoms with van der Waals surface area (Å²) in [6.45, 7) is 1.88. The maximum absolute atomic E-state index is 12.3. The minimum atomic E-state index is -1.00. The van der Waals surface area contributed by atoms with Gasteiger partial charge in [0, 0.05) is 25.1 Å². The molecule has 2 aromatic heterocycles. The Bertz CT molecular complexity index is 2050. The van der Waals surface area contributed by atoms with Gasteiger partial charge in [-0.3, -0.25) is 28.8 Å². The molecule has 0 unspecified atom stereocenters. The number of carbonyl (C=O) groups is 4. The fourth-order valence-corrected chi connectivity index (χ4v) is 5.17. The monoisotopic (exact) mass is 1040 g/mol. The van der Waals surface area contributed by atoms with Crippen molar-refractivity contribution < 1.29 is 38.5 Å². The number of nitrogens with one attached hydrogen (secondary N) is 1. The van der Waals surface area contributed by atoms with Crippen molar-refractivity contribution in [1.29, 1.82) is 0 Å². The highest BCUT2D eigenvalue weighted by Gasteiger charge is 2.19. The van der Waals surface area contributed by atoms with Crippen LogP contribution in [0.1, 0.15) is 38.5 Å². The predicted octanol–water partition coefficient (Wildman–Crippen LogP) is 5.26. The number of carboxylic acid groups (broad SMARTS) is 1. The van der Waals surface area contributed by atoms with E-state index in [0.717, 1.165) is 6.42 Å². The lowest BCUT2D eigenvalue weighted by Crippen LogP contribution is -2.25. The number of carbonyl (C=O) groups excluding carboxylic acids is 3. The number of hydrogen-bond acceptors (Lipinski definition) is 12. The molecule has 3 heterocycles. The first-order chi connectivity index (χ1) is 25.8. The number of aromatic nitrogens is 4. The van der Waals surface area contributed by atoms with Crippen LogP contribution < -0.4 is 31.6 Å². The number of cyclic esters (lactones) is 2. The molecule has 4 N–H and O–H groups in total. The summed E-state index contributed by atoms with van der Waals surface area (Å²) >= 11 is 12.9. The first-order valence-corrected chi connectivity index (χ1v) is 19.2. The molecule has 21 heteroatoms. The van der Waals surface area contributed by atoms with E-state index >= 15 is 0 Å². The molecule has 16 nitrogen and oxygen atoms in total. The lowest BCUT2D eigenvalue weighted by atomic mass is 10.3. The third kappa shape index (κ3) is 16.0. The molecule has 0 saturated carbocycles. The third-order valence-electron chi connectivity index (χ3n) is 6.73. The van der Waals surface area contributed by atoms with Crippen LogP contribution in [0.25, 0.3) is 11.4 Å². The number of carboxylic acids is 1. The van der Waals surface area contributed by atoms with Crippen molar-refractivity contribution in [3.63, 3.8) is 0 Å². The summed E-state index contributed by atoms with van der Waals surface area (Å²) in [5.41, 5.74) is 6.09. The van der Waals surface area contributed by atoms with Crippen molar-refractivity contribution in [1.82, 2.24) is 24.9 Å². The molecule has 1 saturated heterocycles. The zero-order valence-corrected chi connectivity index (χ0v) is 35.9. The molecule has 2 aromatic carbocycles. The molecular weight excluding hydrogens is 1010 g/mol. The van der Waals surface area contributed by atoms with E-state index in [1.165, 1.54) is 15.6 Å². The number of hydrogen-bond donors (Lipinski definition) is 3. The quantitative estimate of drug-likeness (QED) is 0.0834. The van der Waals surface area contributed by atoms with E-state index in [1.807, 2.05) is 12.1 Å². The van der Waals surface area contributed by atoms with Crippen LogP contribution in [-0.2, 0) is 23.9 Å². The number of nitrogens with two attached hydrogens (primary N) is 1. The van der Waals surface area contributed by atoms with Gasteiger partial charge in [-0.05, 0) is 107 Å². The number of halogens is 5. The maximum atomic E-state index is 12.3. The van der Waals surface area contributed by atoms with Gasteiger partial charge in [0.1, 0.15) is 20.4 Å². The highest BCUT2D eigenvalue weighted by molar-refractivity contribution is 9.13. The van der Waals surface area contributed by atoms with Gasteiger partial charge in [-0.25, -0.2) is 0 Å². The van der Waals surface area contributed by atoms with Crippen LogP contribution in [0.3, 0.4) is 0 Å². The summed E-state index contributed by atoms with van der Waals surface area (Å²) in [5.74, 6) is -0.846. The first-order valence-electron chi connectivity index (χ1n) is 16.1. The molecule has 5 rings (SSSR count). The SMILES string of the molecule is Cl.NCCCOc1cccc(-n2ncc(Br)c(Br)c2=O)c1.O=C(O)CCC(=O)NCCCOc1cccc(-n2ncc(Br)c(Br)c2=O)c1.O=C1CCC(=O)O1. The Morgan fingerprint density at radius 3 is 1.67 bits per heavy atom. The summed E-state index contributed by atoms with van der Waals surface area (Å²) in [7, 11) is 0. The molecule has 1 amide bonds. The van der Waals surface area contributed by atoms with E-state index in [-0.39, 0.29) is 55.1 Å². The van der Waals surface area contributed by atoms with Crippen LogP contribution >= 0.6 is 76.1 Å². The Kier molecular flexibility index (Phi) is 21.1. The third-order valence-corrected chi connectivity index (χ3v) is 10.5. The predicted molar refractivity (Wildman–Crippen MR) is 217 cm³/mol. The van der Waals surface area contributed by atoms with Crippen LogP contribution in [0.5, 0.6) is 11.5 Å². The average molecular weight is 1040 g/mol. The smallest absolute Gasteiger partial charge is 0.314 e. The number of ether oxygens (including phenoxy) is 3. The van der Waals surface area contributed by atoms with Gasteiger partial charge in [-0.2, -0.15) is 19.6 Å². The minimum Gasteiger partial charge on any atom is -0.493 e. The number of nitrogens with zero attached hydrogens (tertiary/aromatic N) is 4. The lowest BCUT2D eigenvalue weighted by Gasteiger charge is -2.10. The molecule has 1 fully saturated rings. The molecular formula is C34H35Br4ClN6O10. The molecule has 0 radical (unpaired) electrons. The van der Waals surface area contributed by atoms with E-state index in [2.05, 4.69) is 84.0 Å². The highest BCUT2D eigenvalue weighted by Crippen LogP contribution is 2.21. The number of benzene rings is 2. The molecule has 0 bridgehead atoms. The molecule has 1 aliphatic heterocycles. The first kappa shape index (κ1) is 47.2. The van der Waals surface area contributed by atoms with Crippen LogP contribution in [0.2, 0.25) is 0 Å². The highest BCUT2D eigenvalue weighted by atomic mass is 79.9. The summed E-state index contributed by atoms with van der Waals surface area (Å²) < 4.78 is 19.8. The van der Waals surface area contributed by atoms with Gasteiger partial charge < -0.3 is 30.4 Å². The Labute approximate surface area is 354 Å². The van der Waals surface area contributed by atoms with Gasteiger partial charge in [0.2, 0.25) is 5.91 Å². The van der Waals surface area contributed by atoms with Gasteiger partial charge in [-0.1, -0.05) is 12.1 Å². The summed E-state index contributed by atoms with van der Waals surface area (Å²) in [5, 5.41) is 19.3. The Hall–Kier alpha value is -3.95. The van der Waals surface area contributed by atoms with E-state index < -0.39 is 17.9 Å². The zero-order chi connectivity index (χ0) is 39.6. The molecule has 4 aromatic rings. The van der Waals surface area contributed by atoms with Gasteiger partial charge in [0.15, 0.2) is 0 Å². The summed E-state index contributed by atoms with van der Waals surface area (Å²) in [6, 6.07) is 14.2. The molecule has 1 aliphatic rings. The van der Waals surface area contributed by atoms with Crippen molar-refractivity contribution >= 4 is 99.9 Å². The van der Waals surface area contributed by atoms with Crippen LogP contribution in [0.15, 0.2) is 88.4 Å². The molecule has 55 heavy (non-hydrogen) atoms. The van der Waals surface area contributed by atoms with Gasteiger partial charge in [0.05, 0.1) is 65.2 Å². The summed E-state index contributed by atoms with van der Waals surface area (Å²) in [6.07, 6.45) is 4.73. The van der Waals surface area contributed by atoms with E-state index in [9.17, 15) is 28.8 Å². The molecule has 0 atom stereocenters. The largest absolute Gasteiger partial charge is 0.493 e. The Balaban J connectivity index is 0.000000326. The van der Waals surface area contributed by atoms with Crippen LogP contribution in [0.4, 0.5) is 0 Å². The maximum Gasteiger partial charge on any atom is 0.314 e. The van der Waals surface area contributed by atoms with E-state index in [0.29, 0.717) is 73.5 Å². The van der Waals surface area contributed by atoms with Crippen LogP contribution in [-0.4, -0.2) is 74.8 Å². The van der Waals surface area contributed by atoms with Crippen molar-refractivity contribution in [3.05, 3.63) is 99.5 Å². The number of esters is 2. The molecule has 0 aliphatic carbocycles. The lowest BCUT2D eigenvalue weighted by molar-refractivity contribution is -0.152. The molecule has 0 spiro atoms. The fraction of sp³-hybridized carbons (Fsp3) is 0.294. The Morgan fingerprint density at radius 2 is 1.25 bits per heavy atom. The van der Waals surface area contributed by atoms with Crippen molar-refractivity contribution in [2.45, 2.75) is 38.5 Å². The molecule has 296 valence electrons. The number of aliphatic carboxylic acids is 1. The van der Waals surface area contributed by atoms with Crippen LogP contribution in [0, 0.1) is 0 Å². The standard InChI is InChI=1S/C17H17Br2N3O5.C13H13Br2N3O2.C4H4O3.ClH/c18-13-10-21-22(17(26)16(13)19)11-3-1-4-12(9-11)27-8-2-7-20-14(23)5-6-15(24)25;14-11-8-17-18(13(19)12(11)15)9-3-1-4-10(7-9)20-6-2-5-16;5-3-1-2-4(6)7-3;/h1,3-4,9-10H,2,5-8H2,(H,20,23)(H,24,25);1,3-4,7-8H,2,5-6,16H2;1-2H2;1H. The topological polar surface area (TPSA) is 224 Å². The normalized spacial score (nSPS) is 11.5. The second-order valence-corrected chi connectivity index (χ2v) is 14.1. The Morgan fingerprint density at radius 1 is 0.782 bits per heavy atom. The van der Waals surface area contributed by atoms with E-state index in [4.69, 9.17) is 20.3 Å². The van der Waals surface area contributed by atoms with Crippen molar-refractivity contribution in [3.8, 4) is 22.9 Å². The number of amides is 1. The average Bonchev–Trinajstić information content (AvgIpc) is 3.54. The van der Waals surface area contributed by atoms with Gasteiger partial charge >= 0.3 is 17.9 Å². The minimum absolute atomic E-state index is 0. The van der Waals surface area contributed by atoms with Crippen molar-refractivity contribution in [2.24, 2.45) is 5.73 Å². The van der Waals surface area contributed by atoms with Gasteiger partial charge in [-0.15, -0.1) is 12.4 Å². The number of rotatable bonds is 14. The fourth-order valence-electron chi connectivity index (χ4n) is 4.11. The second-order valence-electron chi connectivity index (χ2n) is 10.8. The zero-order valence-electron chi connectivity index (χ0n) is 28.8. The van der Waals surface area contributed by atoms with Gasteiger partial charge in [0.25, 0.3) is 11.1 Å².